The summed E-state index contributed by atoms with van der Waals surface area (Å²) in [5.41, 5.74) is 7.07. The third kappa shape index (κ3) is 4.52. The van der Waals surface area contributed by atoms with E-state index in [9.17, 15) is 0 Å². The second-order valence-electron chi connectivity index (χ2n) is 12.1. The van der Waals surface area contributed by atoms with Gasteiger partial charge in [0.25, 0.3) is 0 Å². The summed E-state index contributed by atoms with van der Waals surface area (Å²) in [4.78, 5) is 14.9. The lowest BCUT2D eigenvalue weighted by Gasteiger charge is -2.10. The van der Waals surface area contributed by atoms with E-state index in [0.717, 1.165) is 55.0 Å². The Morgan fingerprint density at radius 2 is 1.12 bits per heavy atom. The van der Waals surface area contributed by atoms with Crippen molar-refractivity contribution in [1.29, 1.82) is 0 Å². The van der Waals surface area contributed by atoms with Crippen LogP contribution in [0.2, 0.25) is 0 Å². The van der Waals surface area contributed by atoms with Gasteiger partial charge >= 0.3 is 0 Å². The van der Waals surface area contributed by atoms with E-state index in [4.69, 9.17) is 26.2 Å². The van der Waals surface area contributed by atoms with Crippen molar-refractivity contribution in [2.75, 3.05) is 0 Å². The molecule has 0 aliphatic rings. The van der Waals surface area contributed by atoms with Crippen LogP contribution >= 0.6 is 0 Å². The molecular formula is C45H28N4O. The Hall–Kier alpha value is -6.85. The number of furan rings is 1. The predicted octanol–water partition coefficient (Wildman–Crippen LogP) is 11.5. The summed E-state index contributed by atoms with van der Waals surface area (Å²) in [6.45, 7) is 0. The van der Waals surface area contributed by atoms with Gasteiger partial charge in [-0.1, -0.05) is 145 Å². The fourth-order valence-corrected chi connectivity index (χ4v) is 6.90. The smallest absolute Gasteiger partial charge is 0.164 e. The molecule has 0 unspecified atom stereocenters. The Labute approximate surface area is 294 Å². The summed E-state index contributed by atoms with van der Waals surface area (Å²) in [6.07, 6.45) is 0. The van der Waals surface area contributed by atoms with Crippen LogP contribution in [0.4, 0.5) is 0 Å². The van der Waals surface area contributed by atoms with Crippen molar-refractivity contribution in [3.05, 3.63) is 170 Å². The first kappa shape index (κ1) is 23.5. The molecule has 3 heterocycles. The van der Waals surface area contributed by atoms with Gasteiger partial charge in [-0.05, 0) is 35.4 Å². The van der Waals surface area contributed by atoms with Gasteiger partial charge in [-0.25, -0.2) is 15.0 Å². The van der Waals surface area contributed by atoms with Crippen LogP contribution in [-0.2, 0) is 0 Å². The number of para-hydroxylation sites is 2. The summed E-state index contributed by atoms with van der Waals surface area (Å²) < 4.78 is 51.0. The van der Waals surface area contributed by atoms with Crippen molar-refractivity contribution in [1.82, 2.24) is 19.5 Å². The fourth-order valence-electron chi connectivity index (χ4n) is 6.90. The second-order valence-corrected chi connectivity index (χ2v) is 12.1. The number of benzene rings is 7. The Balaban J connectivity index is 1.23. The molecule has 0 atom stereocenters. The lowest BCUT2D eigenvalue weighted by Crippen LogP contribution is -2.00. The van der Waals surface area contributed by atoms with Gasteiger partial charge in [-0.2, -0.15) is 0 Å². The van der Waals surface area contributed by atoms with E-state index in [0.29, 0.717) is 34.2 Å². The minimum atomic E-state index is -0.422. The van der Waals surface area contributed by atoms with Gasteiger partial charge in [-0.15, -0.1) is 0 Å². The van der Waals surface area contributed by atoms with E-state index in [1.807, 2.05) is 133 Å². The monoisotopic (exact) mass is 645 g/mol. The van der Waals surface area contributed by atoms with E-state index in [2.05, 4.69) is 10.6 Å². The highest BCUT2D eigenvalue weighted by Crippen LogP contribution is 2.41. The van der Waals surface area contributed by atoms with Gasteiger partial charge in [0.15, 0.2) is 23.1 Å². The van der Waals surface area contributed by atoms with Gasteiger partial charge in [0.1, 0.15) is 5.58 Å². The Morgan fingerprint density at radius 3 is 1.88 bits per heavy atom. The van der Waals surface area contributed by atoms with E-state index >= 15 is 0 Å². The molecule has 0 aliphatic carbocycles. The Bertz CT molecular complexity index is 3070. The highest BCUT2D eigenvalue weighted by Gasteiger charge is 2.21. The lowest BCUT2D eigenvalue weighted by atomic mass is 10.0. The van der Waals surface area contributed by atoms with Gasteiger partial charge < -0.3 is 8.98 Å². The third-order valence-electron chi connectivity index (χ3n) is 9.15. The predicted molar refractivity (Wildman–Crippen MR) is 203 cm³/mol. The van der Waals surface area contributed by atoms with Crippen LogP contribution in [0.15, 0.2) is 174 Å². The van der Waals surface area contributed by atoms with E-state index in [1.54, 1.807) is 0 Å². The van der Waals surface area contributed by atoms with Crippen molar-refractivity contribution >= 4 is 43.7 Å². The van der Waals surface area contributed by atoms with E-state index in [-0.39, 0.29) is 29.7 Å². The zero-order chi connectivity index (χ0) is 37.4. The van der Waals surface area contributed by atoms with Gasteiger partial charge in [0.05, 0.1) is 23.6 Å². The zero-order valence-electron chi connectivity index (χ0n) is 31.5. The first-order valence-corrected chi connectivity index (χ1v) is 16.3. The summed E-state index contributed by atoms with van der Waals surface area (Å²) in [6, 6.07) is 43.8. The molecule has 10 aromatic rings. The quantitative estimate of drug-likeness (QED) is 0.187. The zero-order valence-corrected chi connectivity index (χ0v) is 26.5. The minimum Gasteiger partial charge on any atom is -0.454 e. The average molecular weight is 646 g/mol. The van der Waals surface area contributed by atoms with Crippen LogP contribution in [0.5, 0.6) is 0 Å². The maximum Gasteiger partial charge on any atom is 0.164 e. The van der Waals surface area contributed by atoms with Crippen LogP contribution in [0.1, 0.15) is 6.85 Å². The van der Waals surface area contributed by atoms with Gasteiger partial charge in [-0.3, -0.25) is 0 Å². The normalized spacial score (nSPS) is 13.0. The molecule has 0 saturated heterocycles. The molecule has 3 aromatic heterocycles. The molecule has 0 saturated carbocycles. The van der Waals surface area contributed by atoms with Crippen LogP contribution in [0.3, 0.4) is 0 Å². The molecule has 7 aromatic carbocycles. The van der Waals surface area contributed by atoms with Crippen molar-refractivity contribution in [2.45, 2.75) is 0 Å². The van der Waals surface area contributed by atoms with Crippen LogP contribution in [0, 0.1) is 0 Å². The van der Waals surface area contributed by atoms with E-state index < -0.39 is 6.04 Å². The number of fused-ring (bicyclic) bond motifs is 6. The summed E-state index contributed by atoms with van der Waals surface area (Å²) >= 11 is 0. The minimum absolute atomic E-state index is 0.151. The molecule has 0 aliphatic heterocycles. The molecule has 234 valence electrons. The molecule has 0 spiro atoms. The number of rotatable bonds is 5. The van der Waals surface area contributed by atoms with Crippen molar-refractivity contribution in [3.63, 3.8) is 0 Å². The Morgan fingerprint density at radius 1 is 0.480 bits per heavy atom. The number of hydrogen-bond donors (Lipinski definition) is 0. The van der Waals surface area contributed by atoms with Crippen LogP contribution in [-0.4, -0.2) is 19.5 Å². The van der Waals surface area contributed by atoms with Crippen molar-refractivity contribution in [3.8, 4) is 51.0 Å². The molecule has 5 heteroatoms. The van der Waals surface area contributed by atoms with Crippen LogP contribution in [0.25, 0.3) is 94.7 Å². The summed E-state index contributed by atoms with van der Waals surface area (Å²) in [5, 5.41) is 3.70. The SMILES string of the molecule is [2H]c1c([2H])c([2H])c(-c2ccc3c4ccccc4n(-c4cccc5c4oc4cccc(-c6nc(-c7ccccc7)nc(-c7ccccc7)n6)c45)c3c2)c([2H])c1[2H]. The molecule has 0 N–H and O–H groups in total. The number of nitrogens with zero attached hydrogens (tertiary/aromatic N) is 4. The topological polar surface area (TPSA) is 56.7 Å². The highest BCUT2D eigenvalue weighted by molar-refractivity contribution is 6.16. The fraction of sp³-hybridized carbons (Fsp3) is 0. The highest BCUT2D eigenvalue weighted by atomic mass is 16.3. The van der Waals surface area contributed by atoms with E-state index in [1.165, 1.54) is 0 Å². The number of aromatic nitrogens is 4. The standard InChI is InChI=1S/C45H28N4O/c1-4-14-29(15-5-1)32-26-27-34-33-20-10-11-23-37(33)49(39(34)28-32)38-24-12-21-35-41-36(22-13-25-40(41)50-42(35)38)45-47-43(30-16-6-2-7-17-30)46-44(48-45)31-18-8-3-9-19-31/h1-28H/i1D,4D,5D,14D,15D. The molecule has 50 heavy (non-hydrogen) atoms. The van der Waals surface area contributed by atoms with Crippen molar-refractivity contribution < 1.29 is 11.3 Å². The van der Waals surface area contributed by atoms with Gasteiger partial charge in [0, 0.05) is 38.2 Å². The lowest BCUT2D eigenvalue weighted by molar-refractivity contribution is 0.666. The molecule has 0 radical (unpaired) electrons. The average Bonchev–Trinajstić information content (AvgIpc) is 3.78. The molecule has 0 fully saturated rings. The van der Waals surface area contributed by atoms with Crippen molar-refractivity contribution in [2.24, 2.45) is 0 Å². The van der Waals surface area contributed by atoms with Gasteiger partial charge in [0.2, 0.25) is 0 Å². The van der Waals surface area contributed by atoms with Crippen LogP contribution < -0.4 is 0 Å². The summed E-state index contributed by atoms with van der Waals surface area (Å²) in [7, 11) is 0. The Kier molecular flexibility index (Phi) is 5.35. The first-order valence-electron chi connectivity index (χ1n) is 18.8. The maximum atomic E-state index is 8.68. The molecule has 0 bridgehead atoms. The maximum absolute atomic E-state index is 8.68. The largest absolute Gasteiger partial charge is 0.454 e. The third-order valence-corrected chi connectivity index (χ3v) is 9.15. The first-order chi connectivity index (χ1) is 26.9. The molecule has 0 amide bonds. The molecular weight excluding hydrogens is 613 g/mol. The molecule has 5 nitrogen and oxygen atoms in total. The molecule has 10 rings (SSSR count). The summed E-state index contributed by atoms with van der Waals surface area (Å²) in [5.74, 6) is 1.65. The number of hydrogen-bond acceptors (Lipinski definition) is 4. The second kappa shape index (κ2) is 11.4.